The summed E-state index contributed by atoms with van der Waals surface area (Å²) in [5.74, 6) is -0.195. The molecule has 2 aromatic rings. The third kappa shape index (κ3) is 3.89. The molecule has 0 radical (unpaired) electrons. The second-order valence-electron chi connectivity index (χ2n) is 5.90. The summed E-state index contributed by atoms with van der Waals surface area (Å²) in [4.78, 5) is 16.6. The van der Waals surface area contributed by atoms with E-state index in [1.807, 2.05) is 24.3 Å². The molecule has 1 aromatic carbocycles. The quantitative estimate of drug-likeness (QED) is 0.906. The third-order valence-corrected chi connectivity index (χ3v) is 4.48. The summed E-state index contributed by atoms with van der Waals surface area (Å²) in [6.07, 6.45) is 6.41. The van der Waals surface area contributed by atoms with Gasteiger partial charge in [0.05, 0.1) is 17.7 Å². The number of amides is 1. The van der Waals surface area contributed by atoms with Crippen molar-refractivity contribution >= 4 is 17.5 Å². The van der Waals surface area contributed by atoms with Gasteiger partial charge in [0.15, 0.2) is 0 Å². The van der Waals surface area contributed by atoms with E-state index >= 15 is 0 Å². The third-order valence-electron chi connectivity index (χ3n) is 4.22. The fraction of sp³-hybridized carbons (Fsp3) is 0.333. The first-order valence-corrected chi connectivity index (χ1v) is 8.21. The summed E-state index contributed by atoms with van der Waals surface area (Å²) in [6, 6.07) is 9.04. The number of hydrogen-bond donors (Lipinski definition) is 2. The lowest BCUT2D eigenvalue weighted by Crippen LogP contribution is -2.45. The second-order valence-corrected chi connectivity index (χ2v) is 6.34. The number of nitrogens with one attached hydrogen (secondary N) is 1. The first kappa shape index (κ1) is 16.0. The van der Waals surface area contributed by atoms with E-state index in [1.165, 1.54) is 0 Å². The Balaban J connectivity index is 1.76. The van der Waals surface area contributed by atoms with Crippen LogP contribution in [0.5, 0.6) is 0 Å². The van der Waals surface area contributed by atoms with Crippen molar-refractivity contribution in [1.82, 2.24) is 10.3 Å². The number of pyridine rings is 1. The van der Waals surface area contributed by atoms with Crippen molar-refractivity contribution in [2.75, 3.05) is 0 Å². The molecule has 1 aromatic heterocycles. The van der Waals surface area contributed by atoms with E-state index in [9.17, 15) is 9.90 Å². The van der Waals surface area contributed by atoms with Crippen LogP contribution >= 0.6 is 11.6 Å². The van der Waals surface area contributed by atoms with Crippen LogP contribution in [0, 0.1) is 0 Å². The number of carbonyl (C=O) groups is 1. The van der Waals surface area contributed by atoms with Gasteiger partial charge in [-0.2, -0.15) is 0 Å². The molecular formula is C18H19ClN2O2. The van der Waals surface area contributed by atoms with E-state index in [0.717, 1.165) is 36.8 Å². The molecule has 1 heterocycles. The van der Waals surface area contributed by atoms with Gasteiger partial charge in [0, 0.05) is 23.0 Å². The Morgan fingerprint density at radius 2 is 1.87 bits per heavy atom. The summed E-state index contributed by atoms with van der Waals surface area (Å²) < 4.78 is 0. The minimum Gasteiger partial charge on any atom is -0.391 e. The zero-order chi connectivity index (χ0) is 16.2. The van der Waals surface area contributed by atoms with Gasteiger partial charge in [0.25, 0.3) is 5.91 Å². The maximum absolute atomic E-state index is 12.4. The molecule has 0 unspecified atom stereocenters. The van der Waals surface area contributed by atoms with Gasteiger partial charge in [-0.05, 0) is 36.6 Å². The molecule has 4 nitrogen and oxygen atoms in total. The minimum absolute atomic E-state index is 0.171. The Morgan fingerprint density at radius 3 is 2.61 bits per heavy atom. The van der Waals surface area contributed by atoms with Gasteiger partial charge in [-0.15, -0.1) is 0 Å². The van der Waals surface area contributed by atoms with Gasteiger partial charge in [0.2, 0.25) is 0 Å². The summed E-state index contributed by atoms with van der Waals surface area (Å²) in [7, 11) is 0. The van der Waals surface area contributed by atoms with Crippen LogP contribution in [0.2, 0.25) is 5.02 Å². The topological polar surface area (TPSA) is 62.2 Å². The molecule has 2 atom stereocenters. The number of halogens is 1. The lowest BCUT2D eigenvalue weighted by molar-refractivity contribution is 0.0717. The molecule has 3 rings (SSSR count). The number of aliphatic hydroxyl groups is 1. The molecule has 0 aliphatic heterocycles. The van der Waals surface area contributed by atoms with Crippen molar-refractivity contribution in [3.8, 4) is 11.1 Å². The number of nitrogens with zero attached hydrogens (tertiary/aromatic N) is 1. The molecule has 0 saturated heterocycles. The highest BCUT2D eigenvalue weighted by atomic mass is 35.5. The minimum atomic E-state index is -0.458. The normalized spacial score (nSPS) is 21.0. The molecule has 1 aliphatic carbocycles. The predicted octanol–water partition coefficient (Wildman–Crippen LogP) is 3.44. The Morgan fingerprint density at radius 1 is 1.13 bits per heavy atom. The SMILES string of the molecule is O=C(N[C@@H]1CCCC[C@H]1O)c1cncc(-c2ccc(Cl)cc2)c1. The molecule has 5 heteroatoms. The number of aliphatic hydroxyl groups excluding tert-OH is 1. The standard InChI is InChI=1S/C18H19ClN2O2/c19-15-7-5-12(6-8-15)13-9-14(11-20-10-13)18(23)21-16-3-1-2-4-17(16)22/h5-11,16-17,22H,1-4H2,(H,21,23)/t16-,17-/m1/s1. The van der Waals surface area contributed by atoms with Crippen molar-refractivity contribution < 1.29 is 9.90 Å². The van der Waals surface area contributed by atoms with E-state index in [2.05, 4.69) is 10.3 Å². The molecule has 23 heavy (non-hydrogen) atoms. The van der Waals surface area contributed by atoms with Gasteiger partial charge >= 0.3 is 0 Å². The van der Waals surface area contributed by atoms with E-state index in [0.29, 0.717) is 10.6 Å². The molecule has 1 fully saturated rings. The van der Waals surface area contributed by atoms with E-state index in [4.69, 9.17) is 11.6 Å². The smallest absolute Gasteiger partial charge is 0.253 e. The summed E-state index contributed by atoms with van der Waals surface area (Å²) in [5, 5.41) is 13.6. The zero-order valence-electron chi connectivity index (χ0n) is 12.7. The Labute approximate surface area is 140 Å². The maximum atomic E-state index is 12.4. The van der Waals surface area contributed by atoms with Gasteiger partial charge in [-0.25, -0.2) is 0 Å². The van der Waals surface area contributed by atoms with Crippen molar-refractivity contribution in [1.29, 1.82) is 0 Å². The zero-order valence-corrected chi connectivity index (χ0v) is 13.5. The van der Waals surface area contributed by atoms with Gasteiger partial charge < -0.3 is 10.4 Å². The fourth-order valence-electron chi connectivity index (χ4n) is 2.90. The molecule has 0 spiro atoms. The first-order valence-electron chi connectivity index (χ1n) is 7.83. The van der Waals surface area contributed by atoms with Gasteiger partial charge in [0.1, 0.15) is 0 Å². The van der Waals surface area contributed by atoms with Crippen LogP contribution in [0.3, 0.4) is 0 Å². The number of benzene rings is 1. The van der Waals surface area contributed by atoms with E-state index in [-0.39, 0.29) is 11.9 Å². The largest absolute Gasteiger partial charge is 0.391 e. The van der Waals surface area contributed by atoms with Crippen LogP contribution in [0.25, 0.3) is 11.1 Å². The molecule has 0 bridgehead atoms. The molecule has 120 valence electrons. The van der Waals surface area contributed by atoms with Crippen LogP contribution in [-0.2, 0) is 0 Å². The van der Waals surface area contributed by atoms with Gasteiger partial charge in [-0.3, -0.25) is 9.78 Å². The van der Waals surface area contributed by atoms with Crippen molar-refractivity contribution in [2.45, 2.75) is 37.8 Å². The van der Waals surface area contributed by atoms with Crippen LogP contribution in [0.15, 0.2) is 42.7 Å². The highest BCUT2D eigenvalue weighted by Crippen LogP contribution is 2.22. The Bertz CT molecular complexity index is 688. The lowest BCUT2D eigenvalue weighted by atomic mass is 9.92. The first-order chi connectivity index (χ1) is 11.1. The fourth-order valence-corrected chi connectivity index (χ4v) is 3.02. The maximum Gasteiger partial charge on any atom is 0.253 e. The summed E-state index contributed by atoms with van der Waals surface area (Å²) >= 11 is 5.90. The van der Waals surface area contributed by atoms with E-state index < -0.39 is 6.10 Å². The number of rotatable bonds is 3. The average molecular weight is 331 g/mol. The van der Waals surface area contributed by atoms with Crippen molar-refractivity contribution in [3.63, 3.8) is 0 Å². The molecular weight excluding hydrogens is 312 g/mol. The molecule has 1 aliphatic rings. The van der Waals surface area contributed by atoms with Gasteiger partial charge in [-0.1, -0.05) is 36.6 Å². The van der Waals surface area contributed by atoms with Crippen molar-refractivity contribution in [3.05, 3.63) is 53.3 Å². The average Bonchev–Trinajstić information content (AvgIpc) is 2.58. The number of carbonyl (C=O) groups excluding carboxylic acids is 1. The van der Waals surface area contributed by atoms with Crippen LogP contribution in [0.4, 0.5) is 0 Å². The Hall–Kier alpha value is -1.91. The lowest BCUT2D eigenvalue weighted by Gasteiger charge is -2.28. The van der Waals surface area contributed by atoms with Crippen LogP contribution in [-0.4, -0.2) is 28.1 Å². The van der Waals surface area contributed by atoms with Crippen LogP contribution in [0.1, 0.15) is 36.0 Å². The highest BCUT2D eigenvalue weighted by Gasteiger charge is 2.25. The number of aromatic nitrogens is 1. The molecule has 1 amide bonds. The Kier molecular flexibility index (Phi) is 4.94. The molecule has 1 saturated carbocycles. The summed E-state index contributed by atoms with van der Waals surface area (Å²) in [5.41, 5.74) is 2.31. The number of hydrogen-bond acceptors (Lipinski definition) is 3. The second kappa shape index (κ2) is 7.11. The highest BCUT2D eigenvalue weighted by molar-refractivity contribution is 6.30. The monoisotopic (exact) mass is 330 g/mol. The van der Waals surface area contributed by atoms with Crippen LogP contribution < -0.4 is 5.32 Å². The molecule has 2 N–H and O–H groups in total. The van der Waals surface area contributed by atoms with Crippen molar-refractivity contribution in [2.24, 2.45) is 0 Å². The predicted molar refractivity (Wildman–Crippen MR) is 90.4 cm³/mol. The van der Waals surface area contributed by atoms with E-state index in [1.54, 1.807) is 18.5 Å². The summed E-state index contributed by atoms with van der Waals surface area (Å²) in [6.45, 7) is 0.